The van der Waals surface area contributed by atoms with Crippen LogP contribution >= 0.6 is 11.6 Å². The van der Waals surface area contributed by atoms with Gasteiger partial charge in [0.05, 0.1) is 17.8 Å². The van der Waals surface area contributed by atoms with E-state index >= 15 is 0 Å². The maximum atomic E-state index is 12.2. The summed E-state index contributed by atoms with van der Waals surface area (Å²) in [5.74, 6) is 0.226. The predicted octanol–water partition coefficient (Wildman–Crippen LogP) is 2.46. The molecule has 3 rings (SSSR count). The number of rotatable bonds is 4. The molecule has 1 atom stereocenters. The number of carbonyl (C=O) groups excluding carboxylic acids is 1. The summed E-state index contributed by atoms with van der Waals surface area (Å²) in [6.45, 7) is 1.22. The second-order valence-corrected chi connectivity index (χ2v) is 5.86. The van der Waals surface area contributed by atoms with E-state index in [1.807, 2.05) is 6.07 Å². The highest BCUT2D eigenvalue weighted by molar-refractivity contribution is 6.30. The predicted molar refractivity (Wildman–Crippen MR) is 82.2 cm³/mol. The SMILES string of the molecule is O=C(NCCn1cc(Cl)cn1)C1CCc2ccccc2C1. The molecule has 110 valence electrons. The molecule has 1 aliphatic rings. The smallest absolute Gasteiger partial charge is 0.223 e. The van der Waals surface area contributed by atoms with Crippen LogP contribution in [0, 0.1) is 5.92 Å². The van der Waals surface area contributed by atoms with Gasteiger partial charge in [0.1, 0.15) is 0 Å². The van der Waals surface area contributed by atoms with E-state index in [-0.39, 0.29) is 11.8 Å². The van der Waals surface area contributed by atoms with E-state index in [0.717, 1.165) is 19.3 Å². The molecule has 1 amide bonds. The van der Waals surface area contributed by atoms with E-state index in [1.165, 1.54) is 11.1 Å². The number of amides is 1. The lowest BCUT2D eigenvalue weighted by atomic mass is 9.83. The van der Waals surface area contributed by atoms with Crippen LogP contribution in [0.5, 0.6) is 0 Å². The van der Waals surface area contributed by atoms with Crippen molar-refractivity contribution in [2.24, 2.45) is 5.92 Å². The summed E-state index contributed by atoms with van der Waals surface area (Å²) in [7, 11) is 0. The van der Waals surface area contributed by atoms with Gasteiger partial charge in [0.2, 0.25) is 5.91 Å². The number of halogens is 1. The molecule has 0 fully saturated rings. The number of hydrogen-bond donors (Lipinski definition) is 1. The Kier molecular flexibility index (Phi) is 4.25. The van der Waals surface area contributed by atoms with Crippen LogP contribution in [0.4, 0.5) is 0 Å². The van der Waals surface area contributed by atoms with Gasteiger partial charge < -0.3 is 5.32 Å². The number of fused-ring (bicyclic) bond motifs is 1. The minimum absolute atomic E-state index is 0.0844. The maximum Gasteiger partial charge on any atom is 0.223 e. The molecular weight excluding hydrogens is 286 g/mol. The number of aromatic nitrogens is 2. The fourth-order valence-electron chi connectivity index (χ4n) is 2.82. The number of nitrogens with one attached hydrogen (secondary N) is 1. The summed E-state index contributed by atoms with van der Waals surface area (Å²) in [5, 5.41) is 7.70. The zero-order chi connectivity index (χ0) is 14.7. The highest BCUT2D eigenvalue weighted by Crippen LogP contribution is 2.25. The molecule has 4 nitrogen and oxygen atoms in total. The molecule has 0 aliphatic heterocycles. The number of carbonyl (C=O) groups is 1. The Morgan fingerprint density at radius 2 is 2.19 bits per heavy atom. The van der Waals surface area contributed by atoms with Gasteiger partial charge in [-0.05, 0) is 30.4 Å². The molecule has 1 unspecified atom stereocenters. The second kappa shape index (κ2) is 6.31. The van der Waals surface area contributed by atoms with Crippen molar-refractivity contribution in [3.63, 3.8) is 0 Å². The first-order valence-corrected chi connectivity index (χ1v) is 7.62. The quantitative estimate of drug-likeness (QED) is 0.943. The van der Waals surface area contributed by atoms with Crippen LogP contribution in [0.3, 0.4) is 0 Å². The molecule has 1 N–H and O–H groups in total. The number of nitrogens with zero attached hydrogens (tertiary/aromatic N) is 2. The minimum Gasteiger partial charge on any atom is -0.354 e. The van der Waals surface area contributed by atoms with Gasteiger partial charge in [0.25, 0.3) is 0 Å². The summed E-state index contributed by atoms with van der Waals surface area (Å²) in [6, 6.07) is 8.39. The molecule has 1 aliphatic carbocycles. The van der Waals surface area contributed by atoms with Crippen molar-refractivity contribution in [3.8, 4) is 0 Å². The van der Waals surface area contributed by atoms with Crippen LogP contribution in [-0.4, -0.2) is 22.2 Å². The molecule has 2 aromatic rings. The third-order valence-corrected chi connectivity index (χ3v) is 4.15. The Bertz CT molecular complexity index is 638. The van der Waals surface area contributed by atoms with Gasteiger partial charge in [0, 0.05) is 18.7 Å². The van der Waals surface area contributed by atoms with Gasteiger partial charge in [-0.1, -0.05) is 35.9 Å². The average molecular weight is 304 g/mol. The van der Waals surface area contributed by atoms with Crippen LogP contribution < -0.4 is 5.32 Å². The molecule has 5 heteroatoms. The largest absolute Gasteiger partial charge is 0.354 e. The van der Waals surface area contributed by atoms with Gasteiger partial charge in [0.15, 0.2) is 0 Å². The summed E-state index contributed by atoms with van der Waals surface area (Å²) in [4.78, 5) is 12.2. The van der Waals surface area contributed by atoms with Gasteiger partial charge in [-0.15, -0.1) is 0 Å². The Balaban J connectivity index is 1.50. The highest BCUT2D eigenvalue weighted by atomic mass is 35.5. The first-order chi connectivity index (χ1) is 10.2. The lowest BCUT2D eigenvalue weighted by Gasteiger charge is -2.23. The van der Waals surface area contributed by atoms with E-state index in [0.29, 0.717) is 18.1 Å². The first-order valence-electron chi connectivity index (χ1n) is 7.25. The van der Waals surface area contributed by atoms with Crippen LogP contribution in [0.25, 0.3) is 0 Å². The molecule has 0 saturated heterocycles. The standard InChI is InChI=1S/C16H18ClN3O/c17-15-10-19-20(11-15)8-7-18-16(21)14-6-5-12-3-1-2-4-13(12)9-14/h1-4,10-11,14H,5-9H2,(H,18,21). The Labute approximate surface area is 129 Å². The lowest BCUT2D eigenvalue weighted by molar-refractivity contribution is -0.125. The van der Waals surface area contributed by atoms with Crippen LogP contribution in [0.1, 0.15) is 17.5 Å². The molecule has 1 heterocycles. The van der Waals surface area contributed by atoms with E-state index < -0.39 is 0 Å². The molecule has 21 heavy (non-hydrogen) atoms. The first kappa shape index (κ1) is 14.1. The molecule has 0 spiro atoms. The van der Waals surface area contributed by atoms with Crippen molar-refractivity contribution >= 4 is 17.5 Å². The van der Waals surface area contributed by atoms with Crippen LogP contribution in [0.2, 0.25) is 5.02 Å². The van der Waals surface area contributed by atoms with Gasteiger partial charge in [-0.3, -0.25) is 9.48 Å². The summed E-state index contributed by atoms with van der Waals surface area (Å²) in [6.07, 6.45) is 6.11. The van der Waals surface area contributed by atoms with Crippen molar-refractivity contribution in [2.45, 2.75) is 25.8 Å². The van der Waals surface area contributed by atoms with E-state index in [2.05, 4.69) is 28.6 Å². The third kappa shape index (κ3) is 3.45. The molecule has 1 aromatic heterocycles. The summed E-state index contributed by atoms with van der Waals surface area (Å²) >= 11 is 5.80. The molecule has 0 saturated carbocycles. The normalized spacial score (nSPS) is 17.3. The van der Waals surface area contributed by atoms with Crippen molar-refractivity contribution in [3.05, 3.63) is 52.8 Å². The van der Waals surface area contributed by atoms with Crippen molar-refractivity contribution in [2.75, 3.05) is 6.54 Å². The Morgan fingerprint density at radius 3 is 2.95 bits per heavy atom. The number of benzene rings is 1. The minimum atomic E-state index is 0.0844. The van der Waals surface area contributed by atoms with E-state index in [9.17, 15) is 4.79 Å². The fraction of sp³-hybridized carbons (Fsp3) is 0.375. The Hall–Kier alpha value is -1.81. The lowest BCUT2D eigenvalue weighted by Crippen LogP contribution is -2.35. The summed E-state index contributed by atoms with van der Waals surface area (Å²) < 4.78 is 1.73. The topological polar surface area (TPSA) is 46.9 Å². The molecule has 0 bridgehead atoms. The third-order valence-electron chi connectivity index (χ3n) is 3.96. The van der Waals surface area contributed by atoms with Gasteiger partial charge in [-0.25, -0.2) is 0 Å². The monoisotopic (exact) mass is 303 g/mol. The molecular formula is C16H18ClN3O. The van der Waals surface area contributed by atoms with E-state index in [4.69, 9.17) is 11.6 Å². The van der Waals surface area contributed by atoms with Crippen molar-refractivity contribution in [1.29, 1.82) is 0 Å². The zero-order valence-electron chi connectivity index (χ0n) is 11.8. The highest BCUT2D eigenvalue weighted by Gasteiger charge is 2.23. The number of aryl methyl sites for hydroxylation is 1. The van der Waals surface area contributed by atoms with Crippen molar-refractivity contribution in [1.82, 2.24) is 15.1 Å². The van der Waals surface area contributed by atoms with Gasteiger partial charge in [-0.2, -0.15) is 5.10 Å². The second-order valence-electron chi connectivity index (χ2n) is 5.42. The molecule has 1 aromatic carbocycles. The van der Waals surface area contributed by atoms with Crippen molar-refractivity contribution < 1.29 is 4.79 Å². The van der Waals surface area contributed by atoms with Crippen LogP contribution in [0.15, 0.2) is 36.7 Å². The fourth-order valence-corrected chi connectivity index (χ4v) is 2.98. The molecule has 0 radical (unpaired) electrons. The summed E-state index contributed by atoms with van der Waals surface area (Å²) in [5.41, 5.74) is 2.69. The van der Waals surface area contributed by atoms with Gasteiger partial charge >= 0.3 is 0 Å². The average Bonchev–Trinajstić information content (AvgIpc) is 2.92. The zero-order valence-corrected chi connectivity index (χ0v) is 12.5. The van der Waals surface area contributed by atoms with Crippen LogP contribution in [-0.2, 0) is 24.2 Å². The maximum absolute atomic E-state index is 12.2. The number of hydrogen-bond acceptors (Lipinski definition) is 2. The van der Waals surface area contributed by atoms with E-state index in [1.54, 1.807) is 17.1 Å². The Morgan fingerprint density at radius 1 is 1.38 bits per heavy atom.